The van der Waals surface area contributed by atoms with E-state index in [9.17, 15) is 4.79 Å². The summed E-state index contributed by atoms with van der Waals surface area (Å²) in [6.07, 6.45) is 7.31. The van der Waals surface area contributed by atoms with Crippen LogP contribution in [0.5, 0.6) is 5.75 Å². The molecule has 0 unspecified atom stereocenters. The van der Waals surface area contributed by atoms with E-state index in [-0.39, 0.29) is 5.91 Å². The van der Waals surface area contributed by atoms with Gasteiger partial charge < -0.3 is 14.2 Å². The van der Waals surface area contributed by atoms with E-state index in [1.165, 1.54) is 0 Å². The SMILES string of the molecule is COc1cccc(C(=O)N2CCC(Cc3nc(-c4cnccn4)no3)CC2)c1. The lowest BCUT2D eigenvalue weighted by Gasteiger charge is -2.31. The summed E-state index contributed by atoms with van der Waals surface area (Å²) in [4.78, 5) is 27.2. The van der Waals surface area contributed by atoms with Gasteiger partial charge >= 0.3 is 0 Å². The number of hydrogen-bond donors (Lipinski definition) is 0. The molecule has 1 fully saturated rings. The fraction of sp³-hybridized carbons (Fsp3) is 0.350. The van der Waals surface area contributed by atoms with Crippen LogP contribution in [0.25, 0.3) is 11.5 Å². The summed E-state index contributed by atoms with van der Waals surface area (Å²) < 4.78 is 10.6. The van der Waals surface area contributed by atoms with Crippen molar-refractivity contribution in [3.63, 3.8) is 0 Å². The lowest BCUT2D eigenvalue weighted by molar-refractivity contribution is 0.0687. The normalized spacial score (nSPS) is 14.8. The molecule has 4 rings (SSSR count). The number of nitrogens with zero attached hydrogens (tertiary/aromatic N) is 5. The number of hydrogen-bond acceptors (Lipinski definition) is 7. The summed E-state index contributed by atoms with van der Waals surface area (Å²) in [6, 6.07) is 7.27. The highest BCUT2D eigenvalue weighted by molar-refractivity contribution is 5.94. The van der Waals surface area contributed by atoms with Gasteiger partial charge in [0.2, 0.25) is 11.7 Å². The molecule has 8 nitrogen and oxygen atoms in total. The molecule has 1 amide bonds. The number of amides is 1. The molecule has 28 heavy (non-hydrogen) atoms. The zero-order valence-electron chi connectivity index (χ0n) is 15.6. The molecule has 1 aromatic carbocycles. The van der Waals surface area contributed by atoms with Crippen LogP contribution >= 0.6 is 0 Å². The maximum absolute atomic E-state index is 12.7. The van der Waals surface area contributed by atoms with Gasteiger partial charge in [0.1, 0.15) is 11.4 Å². The van der Waals surface area contributed by atoms with Crippen LogP contribution in [0.2, 0.25) is 0 Å². The fourth-order valence-corrected chi connectivity index (χ4v) is 3.38. The van der Waals surface area contributed by atoms with Crippen LogP contribution in [0.4, 0.5) is 0 Å². The van der Waals surface area contributed by atoms with Gasteiger partial charge in [-0.25, -0.2) is 4.98 Å². The van der Waals surface area contributed by atoms with Crippen molar-refractivity contribution in [3.8, 4) is 17.3 Å². The minimum Gasteiger partial charge on any atom is -0.497 e. The largest absolute Gasteiger partial charge is 0.497 e. The molecule has 8 heteroatoms. The predicted molar refractivity (Wildman–Crippen MR) is 101 cm³/mol. The summed E-state index contributed by atoms with van der Waals surface area (Å²) in [6.45, 7) is 1.43. The molecule has 3 heterocycles. The fourth-order valence-electron chi connectivity index (χ4n) is 3.38. The van der Waals surface area contributed by atoms with Crippen LogP contribution in [0.3, 0.4) is 0 Å². The van der Waals surface area contributed by atoms with Crippen LogP contribution in [-0.2, 0) is 6.42 Å². The molecular weight excluding hydrogens is 358 g/mol. The van der Waals surface area contributed by atoms with Crippen molar-refractivity contribution in [1.29, 1.82) is 0 Å². The second kappa shape index (κ2) is 8.16. The van der Waals surface area contributed by atoms with Gasteiger partial charge in [0.05, 0.1) is 13.3 Å². The predicted octanol–water partition coefficient (Wildman–Crippen LogP) is 2.63. The Balaban J connectivity index is 1.33. The zero-order chi connectivity index (χ0) is 19.3. The van der Waals surface area contributed by atoms with Gasteiger partial charge in [-0.05, 0) is 37.0 Å². The quantitative estimate of drug-likeness (QED) is 0.672. The third kappa shape index (κ3) is 4.00. The molecule has 0 spiro atoms. The minimum atomic E-state index is 0.0417. The molecule has 1 saturated heterocycles. The topological polar surface area (TPSA) is 94.2 Å². The third-order valence-corrected chi connectivity index (χ3v) is 4.94. The first-order valence-corrected chi connectivity index (χ1v) is 9.25. The van der Waals surface area contributed by atoms with Crippen LogP contribution < -0.4 is 4.74 Å². The molecule has 0 atom stereocenters. The number of rotatable bonds is 5. The number of methoxy groups -OCH3 is 1. The van der Waals surface area contributed by atoms with Crippen molar-refractivity contribution in [2.75, 3.05) is 20.2 Å². The molecule has 3 aromatic rings. The summed E-state index contributed by atoms with van der Waals surface area (Å²) in [7, 11) is 1.60. The monoisotopic (exact) mass is 379 g/mol. The van der Waals surface area contributed by atoms with Crippen molar-refractivity contribution in [2.45, 2.75) is 19.3 Å². The first kappa shape index (κ1) is 18.1. The van der Waals surface area contributed by atoms with E-state index < -0.39 is 0 Å². The van der Waals surface area contributed by atoms with Gasteiger partial charge in [0.15, 0.2) is 0 Å². The number of likely N-dealkylation sites (tertiary alicyclic amines) is 1. The van der Waals surface area contributed by atoms with E-state index in [1.807, 2.05) is 23.1 Å². The molecule has 0 bridgehead atoms. The Morgan fingerprint density at radius 2 is 2.14 bits per heavy atom. The first-order valence-electron chi connectivity index (χ1n) is 9.25. The molecule has 0 radical (unpaired) electrons. The number of piperidine rings is 1. The van der Waals surface area contributed by atoms with E-state index >= 15 is 0 Å². The van der Waals surface area contributed by atoms with Crippen LogP contribution in [0.15, 0.2) is 47.4 Å². The standard InChI is InChI=1S/C20H21N5O3/c1-27-16-4-2-3-15(12-16)20(26)25-9-5-14(6-10-25)11-18-23-19(24-28-18)17-13-21-7-8-22-17/h2-4,7-8,12-14H,5-6,9-11H2,1H3. The van der Waals surface area contributed by atoms with Gasteiger partial charge in [-0.1, -0.05) is 11.2 Å². The Morgan fingerprint density at radius 1 is 1.29 bits per heavy atom. The Morgan fingerprint density at radius 3 is 2.89 bits per heavy atom. The van der Waals surface area contributed by atoms with Gasteiger partial charge in [0.25, 0.3) is 5.91 Å². The molecule has 144 valence electrons. The molecule has 1 aliphatic rings. The maximum Gasteiger partial charge on any atom is 0.253 e. The lowest BCUT2D eigenvalue weighted by atomic mass is 9.93. The number of aromatic nitrogens is 4. The molecule has 0 aliphatic carbocycles. The van der Waals surface area contributed by atoms with Crippen molar-refractivity contribution in [2.24, 2.45) is 5.92 Å². The maximum atomic E-state index is 12.7. The first-order chi connectivity index (χ1) is 13.7. The molecule has 0 N–H and O–H groups in total. The third-order valence-electron chi connectivity index (χ3n) is 4.94. The summed E-state index contributed by atoms with van der Waals surface area (Å²) >= 11 is 0. The molecule has 0 saturated carbocycles. The van der Waals surface area contributed by atoms with Gasteiger partial charge in [-0.3, -0.25) is 9.78 Å². The summed E-state index contributed by atoms with van der Waals surface area (Å²) in [5.41, 5.74) is 1.25. The highest BCUT2D eigenvalue weighted by Crippen LogP contribution is 2.24. The highest BCUT2D eigenvalue weighted by Gasteiger charge is 2.25. The van der Waals surface area contributed by atoms with Crippen LogP contribution in [0, 0.1) is 5.92 Å². The molecule has 2 aromatic heterocycles. The molecular formula is C20H21N5O3. The summed E-state index contributed by atoms with van der Waals surface area (Å²) in [5.74, 6) is 2.19. The Bertz CT molecular complexity index is 936. The Labute approximate surface area is 162 Å². The van der Waals surface area contributed by atoms with E-state index in [0.29, 0.717) is 54.2 Å². The van der Waals surface area contributed by atoms with E-state index in [2.05, 4.69) is 20.1 Å². The van der Waals surface area contributed by atoms with Crippen molar-refractivity contribution < 1.29 is 14.1 Å². The number of carbonyl (C=O) groups excluding carboxylic acids is 1. The second-order valence-electron chi connectivity index (χ2n) is 6.77. The number of benzene rings is 1. The van der Waals surface area contributed by atoms with Crippen molar-refractivity contribution >= 4 is 5.91 Å². The van der Waals surface area contributed by atoms with Crippen molar-refractivity contribution in [1.82, 2.24) is 25.0 Å². The highest BCUT2D eigenvalue weighted by atomic mass is 16.5. The average Bonchev–Trinajstić information content (AvgIpc) is 3.23. The molecule has 1 aliphatic heterocycles. The van der Waals surface area contributed by atoms with Crippen LogP contribution in [-0.4, -0.2) is 51.1 Å². The van der Waals surface area contributed by atoms with Gasteiger partial charge in [-0.15, -0.1) is 0 Å². The minimum absolute atomic E-state index is 0.0417. The van der Waals surface area contributed by atoms with Crippen LogP contribution in [0.1, 0.15) is 29.1 Å². The second-order valence-corrected chi connectivity index (χ2v) is 6.77. The smallest absolute Gasteiger partial charge is 0.253 e. The summed E-state index contributed by atoms with van der Waals surface area (Å²) in [5, 5.41) is 3.99. The Kier molecular flexibility index (Phi) is 5.27. The van der Waals surface area contributed by atoms with Gasteiger partial charge in [0, 0.05) is 37.5 Å². The van der Waals surface area contributed by atoms with E-state index in [4.69, 9.17) is 9.26 Å². The number of ether oxygens (including phenoxy) is 1. The lowest BCUT2D eigenvalue weighted by Crippen LogP contribution is -2.38. The van der Waals surface area contributed by atoms with E-state index in [0.717, 1.165) is 12.8 Å². The number of carbonyl (C=O) groups is 1. The van der Waals surface area contributed by atoms with Gasteiger partial charge in [-0.2, -0.15) is 4.98 Å². The Hall–Kier alpha value is -3.29. The zero-order valence-corrected chi connectivity index (χ0v) is 15.6. The van der Waals surface area contributed by atoms with Crippen molar-refractivity contribution in [3.05, 3.63) is 54.3 Å². The average molecular weight is 379 g/mol. The van der Waals surface area contributed by atoms with E-state index in [1.54, 1.807) is 31.8 Å².